The number of aryl methyl sites for hydroxylation is 1. The monoisotopic (exact) mass is 250 g/mol. The summed E-state index contributed by atoms with van der Waals surface area (Å²) in [5.41, 5.74) is 9.37. The molecule has 0 bridgehead atoms. The smallest absolute Gasteiger partial charge is 0.0639 e. The van der Waals surface area contributed by atoms with Crippen LogP contribution in [0.5, 0.6) is 0 Å². The van der Waals surface area contributed by atoms with Gasteiger partial charge < -0.3 is 15.8 Å². The summed E-state index contributed by atoms with van der Waals surface area (Å²) in [5.74, 6) is 0. The lowest BCUT2D eigenvalue weighted by Gasteiger charge is -2.10. The maximum atomic E-state index is 5.57. The molecule has 18 heavy (non-hydrogen) atoms. The highest BCUT2D eigenvalue weighted by Crippen LogP contribution is 2.15. The summed E-state index contributed by atoms with van der Waals surface area (Å²) < 4.78 is 5.51. The normalized spacial score (nSPS) is 10.6. The molecule has 0 spiro atoms. The zero-order valence-corrected chi connectivity index (χ0v) is 11.7. The standard InChI is InChI=1S/C15H26N2O/c1-3-4-10-18-11-9-17-15-6-5-14(7-8-16)13(2)12-15/h5-6,12,17H,3-4,7-11,16H2,1-2H3. The van der Waals surface area contributed by atoms with Crippen molar-refractivity contribution in [2.45, 2.75) is 33.1 Å². The Morgan fingerprint density at radius 2 is 2.11 bits per heavy atom. The molecule has 0 saturated carbocycles. The molecule has 3 N–H and O–H groups in total. The quantitative estimate of drug-likeness (QED) is 0.662. The number of benzene rings is 1. The lowest BCUT2D eigenvalue weighted by atomic mass is 10.1. The Balaban J connectivity index is 2.28. The Morgan fingerprint density at radius 3 is 2.78 bits per heavy atom. The molecule has 1 rings (SSSR count). The third kappa shape index (κ3) is 5.52. The molecule has 0 aromatic heterocycles. The maximum absolute atomic E-state index is 5.57. The van der Waals surface area contributed by atoms with Crippen molar-refractivity contribution in [2.75, 3.05) is 31.6 Å². The van der Waals surface area contributed by atoms with Crippen molar-refractivity contribution in [1.82, 2.24) is 0 Å². The highest BCUT2D eigenvalue weighted by Gasteiger charge is 1.99. The molecule has 1 aromatic carbocycles. The van der Waals surface area contributed by atoms with Crippen LogP contribution in [0.1, 0.15) is 30.9 Å². The highest BCUT2D eigenvalue weighted by molar-refractivity contribution is 5.48. The van der Waals surface area contributed by atoms with Crippen molar-refractivity contribution >= 4 is 5.69 Å². The summed E-state index contributed by atoms with van der Waals surface area (Å²) in [6.07, 6.45) is 3.29. The van der Waals surface area contributed by atoms with Crippen molar-refractivity contribution in [3.05, 3.63) is 29.3 Å². The molecule has 0 aliphatic rings. The Kier molecular flexibility index (Phi) is 7.46. The zero-order valence-electron chi connectivity index (χ0n) is 11.7. The van der Waals surface area contributed by atoms with Crippen molar-refractivity contribution in [2.24, 2.45) is 5.73 Å². The fourth-order valence-electron chi connectivity index (χ4n) is 1.86. The van der Waals surface area contributed by atoms with Gasteiger partial charge in [-0.1, -0.05) is 19.4 Å². The third-order valence-corrected chi connectivity index (χ3v) is 2.97. The molecule has 0 aliphatic carbocycles. The second kappa shape index (κ2) is 8.95. The molecule has 3 nitrogen and oxygen atoms in total. The molecule has 0 amide bonds. The topological polar surface area (TPSA) is 47.3 Å². The number of hydrogen-bond acceptors (Lipinski definition) is 3. The van der Waals surface area contributed by atoms with E-state index in [1.165, 1.54) is 17.5 Å². The molecule has 0 radical (unpaired) electrons. The molecule has 3 heteroatoms. The van der Waals surface area contributed by atoms with Gasteiger partial charge in [0.15, 0.2) is 0 Å². The van der Waals surface area contributed by atoms with E-state index in [0.29, 0.717) is 6.54 Å². The summed E-state index contributed by atoms with van der Waals surface area (Å²) in [6.45, 7) is 7.51. The molecule has 0 atom stereocenters. The molecule has 0 aliphatic heterocycles. The van der Waals surface area contributed by atoms with Crippen LogP contribution in [0, 0.1) is 6.92 Å². The van der Waals surface area contributed by atoms with Crippen LogP contribution in [0.4, 0.5) is 5.69 Å². The van der Waals surface area contributed by atoms with Crippen LogP contribution in [0.25, 0.3) is 0 Å². The number of hydrogen-bond donors (Lipinski definition) is 2. The van der Waals surface area contributed by atoms with Gasteiger partial charge in [-0.25, -0.2) is 0 Å². The van der Waals surface area contributed by atoms with Gasteiger partial charge in [-0.05, 0) is 49.6 Å². The summed E-state index contributed by atoms with van der Waals surface area (Å²) in [5, 5.41) is 3.38. The van der Waals surface area contributed by atoms with Crippen LogP contribution in [0.3, 0.4) is 0 Å². The first-order valence-corrected chi connectivity index (χ1v) is 6.89. The molecule has 0 saturated heterocycles. The maximum Gasteiger partial charge on any atom is 0.0639 e. The molecule has 0 heterocycles. The van der Waals surface area contributed by atoms with E-state index in [2.05, 4.69) is 37.4 Å². The lowest BCUT2D eigenvalue weighted by Crippen LogP contribution is -2.10. The Labute approximate surface area is 111 Å². The van der Waals surface area contributed by atoms with Crippen LogP contribution in [-0.4, -0.2) is 26.3 Å². The molecule has 0 fully saturated rings. The van der Waals surface area contributed by atoms with Crippen molar-refractivity contribution in [1.29, 1.82) is 0 Å². The van der Waals surface area contributed by atoms with Gasteiger partial charge in [0.2, 0.25) is 0 Å². The second-order valence-corrected chi connectivity index (χ2v) is 4.57. The molecular weight excluding hydrogens is 224 g/mol. The Morgan fingerprint density at radius 1 is 1.28 bits per heavy atom. The van der Waals surface area contributed by atoms with Gasteiger partial charge in [-0.15, -0.1) is 0 Å². The first kappa shape index (κ1) is 15.0. The first-order chi connectivity index (χ1) is 8.77. The van der Waals surface area contributed by atoms with Gasteiger partial charge in [-0.3, -0.25) is 0 Å². The minimum atomic E-state index is 0.707. The summed E-state index contributed by atoms with van der Waals surface area (Å²) in [7, 11) is 0. The number of rotatable bonds is 9. The van der Waals surface area contributed by atoms with Gasteiger partial charge >= 0.3 is 0 Å². The average molecular weight is 250 g/mol. The van der Waals surface area contributed by atoms with Crippen LogP contribution in [-0.2, 0) is 11.2 Å². The van der Waals surface area contributed by atoms with Crippen molar-refractivity contribution in [3.8, 4) is 0 Å². The molecule has 0 unspecified atom stereocenters. The number of unbranched alkanes of at least 4 members (excludes halogenated alkanes) is 1. The van der Waals surface area contributed by atoms with Crippen LogP contribution < -0.4 is 11.1 Å². The third-order valence-electron chi connectivity index (χ3n) is 2.97. The van der Waals surface area contributed by atoms with Crippen LogP contribution in [0.15, 0.2) is 18.2 Å². The van der Waals surface area contributed by atoms with E-state index >= 15 is 0 Å². The van der Waals surface area contributed by atoms with E-state index in [0.717, 1.165) is 38.3 Å². The van der Waals surface area contributed by atoms with Gasteiger partial charge in [-0.2, -0.15) is 0 Å². The van der Waals surface area contributed by atoms with Crippen LogP contribution in [0.2, 0.25) is 0 Å². The Bertz CT molecular complexity index is 339. The van der Waals surface area contributed by atoms with Gasteiger partial charge in [0.1, 0.15) is 0 Å². The molecular formula is C15H26N2O. The van der Waals surface area contributed by atoms with Gasteiger partial charge in [0, 0.05) is 18.8 Å². The zero-order chi connectivity index (χ0) is 13.2. The Hall–Kier alpha value is -1.06. The van der Waals surface area contributed by atoms with E-state index in [1.807, 2.05) is 0 Å². The predicted octanol–water partition coefficient (Wildman–Crippen LogP) is 2.72. The number of ether oxygens (including phenoxy) is 1. The SMILES string of the molecule is CCCCOCCNc1ccc(CCN)c(C)c1. The lowest BCUT2D eigenvalue weighted by molar-refractivity contribution is 0.141. The summed E-state index contributed by atoms with van der Waals surface area (Å²) in [6, 6.07) is 6.45. The van der Waals surface area contributed by atoms with Gasteiger partial charge in [0.05, 0.1) is 6.61 Å². The molecule has 102 valence electrons. The fraction of sp³-hybridized carbons (Fsp3) is 0.600. The minimum Gasteiger partial charge on any atom is -0.383 e. The predicted molar refractivity (Wildman–Crippen MR) is 78.2 cm³/mol. The van der Waals surface area contributed by atoms with E-state index in [1.54, 1.807) is 0 Å². The number of nitrogens with two attached hydrogens (primary N) is 1. The first-order valence-electron chi connectivity index (χ1n) is 6.89. The summed E-state index contributed by atoms with van der Waals surface area (Å²) >= 11 is 0. The minimum absolute atomic E-state index is 0.707. The number of anilines is 1. The van der Waals surface area contributed by atoms with E-state index in [9.17, 15) is 0 Å². The van der Waals surface area contributed by atoms with Gasteiger partial charge in [0.25, 0.3) is 0 Å². The van der Waals surface area contributed by atoms with E-state index in [4.69, 9.17) is 10.5 Å². The van der Waals surface area contributed by atoms with Crippen LogP contribution >= 0.6 is 0 Å². The van der Waals surface area contributed by atoms with Crippen molar-refractivity contribution in [3.63, 3.8) is 0 Å². The summed E-state index contributed by atoms with van der Waals surface area (Å²) in [4.78, 5) is 0. The van der Waals surface area contributed by atoms with E-state index in [-0.39, 0.29) is 0 Å². The number of nitrogens with one attached hydrogen (secondary N) is 1. The fourth-order valence-corrected chi connectivity index (χ4v) is 1.86. The average Bonchev–Trinajstić information content (AvgIpc) is 2.37. The molecule has 1 aromatic rings. The van der Waals surface area contributed by atoms with Crippen molar-refractivity contribution < 1.29 is 4.74 Å². The second-order valence-electron chi connectivity index (χ2n) is 4.57. The highest BCUT2D eigenvalue weighted by atomic mass is 16.5. The largest absolute Gasteiger partial charge is 0.383 e. The van der Waals surface area contributed by atoms with E-state index < -0.39 is 0 Å².